The van der Waals surface area contributed by atoms with Gasteiger partial charge in [-0.3, -0.25) is 19.9 Å². The summed E-state index contributed by atoms with van der Waals surface area (Å²) >= 11 is 0. The van der Waals surface area contributed by atoms with Gasteiger partial charge in [-0.1, -0.05) is 0 Å². The Bertz CT molecular complexity index is 833. The van der Waals surface area contributed by atoms with Crippen molar-refractivity contribution in [2.45, 2.75) is 6.92 Å². The molecule has 2 aromatic rings. The fourth-order valence-electron chi connectivity index (χ4n) is 2.04. The number of carbonyl (C=O) groups is 1. The molecule has 122 valence electrons. The molecule has 1 N–H and O–H groups in total. The largest absolute Gasteiger partial charge is 0.454 e. The maximum atomic E-state index is 11.9. The zero-order chi connectivity index (χ0) is 17.1. The maximum Gasteiger partial charge on any atom is 0.282 e. The minimum absolute atomic E-state index is 0.00421. The first-order chi connectivity index (χ1) is 11.5. The normalized spacial score (nSPS) is 12.4. The topological polar surface area (TPSA) is 116 Å². The minimum atomic E-state index is -0.560. The van der Waals surface area contributed by atoms with E-state index in [0.717, 1.165) is 5.69 Å². The van der Waals surface area contributed by atoms with Crippen LogP contribution < -0.4 is 14.9 Å². The first-order valence-electron chi connectivity index (χ1n) is 6.88. The minimum Gasteiger partial charge on any atom is -0.454 e. The molecular weight excluding hydrogens is 316 g/mol. The first-order valence-corrected chi connectivity index (χ1v) is 6.88. The van der Waals surface area contributed by atoms with E-state index >= 15 is 0 Å². The number of hydrazone groups is 1. The highest BCUT2D eigenvalue weighted by atomic mass is 16.7. The van der Waals surface area contributed by atoms with E-state index in [0.29, 0.717) is 17.1 Å². The summed E-state index contributed by atoms with van der Waals surface area (Å²) in [4.78, 5) is 26.5. The quantitative estimate of drug-likeness (QED) is 0.519. The van der Waals surface area contributed by atoms with Gasteiger partial charge in [-0.2, -0.15) is 5.10 Å². The monoisotopic (exact) mass is 328 g/mol. The molecule has 9 heteroatoms. The van der Waals surface area contributed by atoms with Gasteiger partial charge in [0, 0.05) is 11.9 Å². The molecule has 1 amide bonds. The highest BCUT2D eigenvalue weighted by Gasteiger charge is 2.22. The molecule has 0 atom stereocenters. The van der Waals surface area contributed by atoms with Crippen LogP contribution in [0.4, 0.5) is 5.69 Å². The van der Waals surface area contributed by atoms with Gasteiger partial charge < -0.3 is 9.47 Å². The van der Waals surface area contributed by atoms with Gasteiger partial charge in [0.25, 0.3) is 11.6 Å². The van der Waals surface area contributed by atoms with Crippen molar-refractivity contribution in [1.82, 2.24) is 10.4 Å². The first kappa shape index (κ1) is 15.4. The zero-order valence-corrected chi connectivity index (χ0v) is 12.6. The number of amides is 1. The summed E-state index contributed by atoms with van der Waals surface area (Å²) in [5.74, 6) is 0.215. The number of nitro groups is 1. The predicted molar refractivity (Wildman–Crippen MR) is 83.3 cm³/mol. The third-order valence-electron chi connectivity index (χ3n) is 3.26. The summed E-state index contributed by atoms with van der Waals surface area (Å²) in [6, 6.07) is 6.00. The number of aromatic nitrogens is 1. The maximum absolute atomic E-state index is 11.9. The number of rotatable bonds is 4. The van der Waals surface area contributed by atoms with Crippen molar-refractivity contribution < 1.29 is 19.2 Å². The number of fused-ring (bicyclic) bond motifs is 1. The van der Waals surface area contributed by atoms with Gasteiger partial charge in [0.1, 0.15) is 0 Å². The van der Waals surface area contributed by atoms with Gasteiger partial charge in [0.15, 0.2) is 11.5 Å². The van der Waals surface area contributed by atoms with Crippen molar-refractivity contribution in [1.29, 1.82) is 0 Å². The lowest BCUT2D eigenvalue weighted by Crippen LogP contribution is -2.17. The SMILES string of the molecule is Cc1ccc(C(=O)N/N=C/c2cc3c(cc2[N+](=O)[O-])OCO3)cn1. The summed E-state index contributed by atoms with van der Waals surface area (Å²) in [5, 5.41) is 14.9. The number of benzene rings is 1. The molecule has 0 aliphatic carbocycles. The summed E-state index contributed by atoms with van der Waals surface area (Å²) in [5.41, 5.74) is 3.40. The molecule has 9 nitrogen and oxygen atoms in total. The molecule has 2 heterocycles. The number of aryl methyl sites for hydroxylation is 1. The molecule has 0 unspecified atom stereocenters. The number of nitro benzene ring substituents is 1. The second-order valence-corrected chi connectivity index (χ2v) is 4.91. The van der Waals surface area contributed by atoms with Crippen LogP contribution in [-0.2, 0) is 0 Å². The predicted octanol–water partition coefficient (Wildman–Crippen LogP) is 1.79. The van der Waals surface area contributed by atoms with E-state index in [1.165, 1.54) is 24.5 Å². The molecule has 0 bridgehead atoms. The number of hydrogen-bond donors (Lipinski definition) is 1. The Morgan fingerprint density at radius 3 is 2.79 bits per heavy atom. The molecule has 24 heavy (non-hydrogen) atoms. The van der Waals surface area contributed by atoms with E-state index in [1.807, 2.05) is 0 Å². The highest BCUT2D eigenvalue weighted by Crippen LogP contribution is 2.37. The van der Waals surface area contributed by atoms with Crippen molar-refractivity contribution in [3.63, 3.8) is 0 Å². The Morgan fingerprint density at radius 1 is 1.38 bits per heavy atom. The molecule has 1 aliphatic rings. The average Bonchev–Trinajstić information content (AvgIpc) is 3.01. The van der Waals surface area contributed by atoms with Crippen LogP contribution in [0, 0.1) is 17.0 Å². The van der Waals surface area contributed by atoms with Gasteiger partial charge in [-0.05, 0) is 25.1 Å². The lowest BCUT2D eigenvalue weighted by atomic mass is 10.1. The Hall–Kier alpha value is -3.49. The van der Waals surface area contributed by atoms with Crippen LogP contribution in [0.15, 0.2) is 35.6 Å². The molecule has 1 aromatic carbocycles. The van der Waals surface area contributed by atoms with Gasteiger partial charge in [0.05, 0.1) is 28.3 Å². The van der Waals surface area contributed by atoms with Crippen molar-refractivity contribution in [2.24, 2.45) is 5.10 Å². The van der Waals surface area contributed by atoms with Crippen molar-refractivity contribution in [2.75, 3.05) is 6.79 Å². The van der Waals surface area contributed by atoms with Gasteiger partial charge >= 0.3 is 0 Å². The van der Waals surface area contributed by atoms with Crippen LogP contribution in [0.5, 0.6) is 11.5 Å². The van der Waals surface area contributed by atoms with Crippen LogP contribution in [0.25, 0.3) is 0 Å². The fraction of sp³-hybridized carbons (Fsp3) is 0.133. The molecule has 0 saturated heterocycles. The van der Waals surface area contributed by atoms with Crippen LogP contribution in [0.1, 0.15) is 21.6 Å². The summed E-state index contributed by atoms with van der Waals surface area (Å²) in [6.45, 7) is 1.81. The third kappa shape index (κ3) is 3.14. The number of pyridine rings is 1. The van der Waals surface area contributed by atoms with E-state index in [-0.39, 0.29) is 18.0 Å². The van der Waals surface area contributed by atoms with Gasteiger partial charge in [0.2, 0.25) is 6.79 Å². The van der Waals surface area contributed by atoms with E-state index in [1.54, 1.807) is 19.1 Å². The van der Waals surface area contributed by atoms with Crippen LogP contribution in [-0.4, -0.2) is 28.8 Å². The number of ether oxygens (including phenoxy) is 2. The number of nitrogens with one attached hydrogen (secondary N) is 1. The molecule has 0 radical (unpaired) electrons. The highest BCUT2D eigenvalue weighted by molar-refractivity contribution is 5.95. The second kappa shape index (κ2) is 6.32. The summed E-state index contributed by atoms with van der Waals surface area (Å²) < 4.78 is 10.3. The molecule has 3 rings (SSSR count). The Balaban J connectivity index is 1.78. The average molecular weight is 328 g/mol. The Morgan fingerprint density at radius 2 is 2.12 bits per heavy atom. The van der Waals surface area contributed by atoms with Crippen molar-refractivity contribution in [3.05, 3.63) is 57.4 Å². The van der Waals surface area contributed by atoms with E-state index in [9.17, 15) is 14.9 Å². The lowest BCUT2D eigenvalue weighted by Gasteiger charge is -2.02. The molecule has 0 fully saturated rings. The molecule has 1 aliphatic heterocycles. The van der Waals surface area contributed by atoms with Crippen molar-refractivity contribution >= 4 is 17.8 Å². The summed E-state index contributed by atoms with van der Waals surface area (Å²) in [6.07, 6.45) is 2.60. The second-order valence-electron chi connectivity index (χ2n) is 4.91. The molecule has 0 spiro atoms. The van der Waals surface area contributed by atoms with Gasteiger partial charge in [-0.15, -0.1) is 0 Å². The van der Waals surface area contributed by atoms with Gasteiger partial charge in [-0.25, -0.2) is 5.43 Å². The van der Waals surface area contributed by atoms with E-state index in [2.05, 4.69) is 15.5 Å². The Labute approximate surface area is 136 Å². The lowest BCUT2D eigenvalue weighted by molar-refractivity contribution is -0.385. The Kier molecular flexibility index (Phi) is 4.06. The van der Waals surface area contributed by atoms with Crippen LogP contribution >= 0.6 is 0 Å². The number of hydrogen-bond acceptors (Lipinski definition) is 7. The van der Waals surface area contributed by atoms with E-state index < -0.39 is 10.8 Å². The number of nitrogens with zero attached hydrogens (tertiary/aromatic N) is 3. The molecule has 1 aromatic heterocycles. The van der Waals surface area contributed by atoms with Crippen molar-refractivity contribution in [3.8, 4) is 11.5 Å². The van der Waals surface area contributed by atoms with E-state index in [4.69, 9.17) is 9.47 Å². The van der Waals surface area contributed by atoms with Crippen LogP contribution in [0.3, 0.4) is 0 Å². The number of carbonyl (C=O) groups excluding carboxylic acids is 1. The summed E-state index contributed by atoms with van der Waals surface area (Å²) in [7, 11) is 0. The smallest absolute Gasteiger partial charge is 0.282 e. The standard InChI is InChI=1S/C15H12N4O5/c1-9-2-3-10(6-16-9)15(20)18-17-7-11-4-13-14(24-8-23-13)5-12(11)19(21)22/h2-7H,8H2,1H3,(H,18,20)/b17-7+. The third-order valence-corrected chi connectivity index (χ3v) is 3.26. The van der Waals surface area contributed by atoms with Crippen LogP contribution in [0.2, 0.25) is 0 Å². The zero-order valence-electron chi connectivity index (χ0n) is 12.6. The molecular formula is C15H12N4O5. The fourth-order valence-corrected chi connectivity index (χ4v) is 2.04. The molecule has 0 saturated carbocycles.